The topological polar surface area (TPSA) is 3.24 Å². The van der Waals surface area contributed by atoms with Gasteiger partial charge in [-0.25, -0.2) is 0 Å². The first-order valence-electron chi connectivity index (χ1n) is 6.08. The van der Waals surface area contributed by atoms with Crippen molar-refractivity contribution < 1.29 is 0 Å². The molecule has 3 rings (SSSR count). The summed E-state index contributed by atoms with van der Waals surface area (Å²) >= 11 is 0. The zero-order valence-electron chi connectivity index (χ0n) is 10.6. The van der Waals surface area contributed by atoms with Crippen molar-refractivity contribution in [2.24, 2.45) is 0 Å². The summed E-state index contributed by atoms with van der Waals surface area (Å²) in [6, 6.07) is 13.7. The van der Waals surface area contributed by atoms with Crippen LogP contribution < -0.4 is 15.3 Å². The summed E-state index contributed by atoms with van der Waals surface area (Å²) < 4.78 is 0. The normalized spacial score (nSPS) is 13.2. The van der Waals surface area contributed by atoms with Gasteiger partial charge < -0.3 is 4.90 Å². The fraction of sp³-hybridized carbons (Fsp3) is 0.200. The predicted molar refractivity (Wildman–Crippen MR) is 78.2 cm³/mol. The van der Waals surface area contributed by atoms with E-state index in [1.54, 1.807) is 10.4 Å². The summed E-state index contributed by atoms with van der Waals surface area (Å²) in [6.07, 6.45) is 0. The molecule has 2 heteroatoms. The van der Waals surface area contributed by atoms with Gasteiger partial charge in [0.05, 0.1) is 9.52 Å². The molecule has 0 amide bonds. The van der Waals surface area contributed by atoms with Crippen LogP contribution in [-0.2, 0) is 0 Å². The van der Waals surface area contributed by atoms with E-state index in [2.05, 4.69) is 62.2 Å². The van der Waals surface area contributed by atoms with Crippen LogP contribution in [0.2, 0.25) is 0 Å². The lowest BCUT2D eigenvalue weighted by Gasteiger charge is -2.30. The second-order valence-corrected chi connectivity index (χ2v) is 6.88. The molecule has 0 N–H and O–H groups in total. The van der Waals surface area contributed by atoms with E-state index in [1.807, 2.05) is 0 Å². The Labute approximate surface area is 105 Å². The molecule has 0 atom stereocenters. The molecule has 0 saturated heterocycles. The lowest BCUT2D eigenvalue weighted by molar-refractivity contribution is 1.21. The summed E-state index contributed by atoms with van der Waals surface area (Å²) in [4.78, 5) is 2.33. The molecule has 1 heterocycles. The smallest absolute Gasteiger partial charge is 0.0929 e. The van der Waals surface area contributed by atoms with Gasteiger partial charge in [-0.1, -0.05) is 35.4 Å². The van der Waals surface area contributed by atoms with Crippen molar-refractivity contribution in [3.63, 3.8) is 0 Å². The van der Waals surface area contributed by atoms with Crippen molar-refractivity contribution in [3.05, 3.63) is 47.5 Å². The van der Waals surface area contributed by atoms with E-state index in [1.165, 1.54) is 22.5 Å². The number of nitrogens with zero attached hydrogens (tertiary/aromatic N) is 1. The Morgan fingerprint density at radius 3 is 1.76 bits per heavy atom. The van der Waals surface area contributed by atoms with Crippen molar-refractivity contribution in [3.8, 4) is 0 Å². The van der Waals surface area contributed by atoms with E-state index >= 15 is 0 Å². The number of hydrogen-bond donors (Lipinski definition) is 0. The summed E-state index contributed by atoms with van der Waals surface area (Å²) in [5.41, 5.74) is 5.55. The van der Waals surface area contributed by atoms with E-state index in [0.717, 1.165) is 0 Å². The molecule has 1 aliphatic rings. The number of hydrogen-bond acceptors (Lipinski definition) is 1. The Balaban J connectivity index is 2.17. The number of aryl methyl sites for hydroxylation is 2. The molecule has 2 aromatic rings. The van der Waals surface area contributed by atoms with Crippen molar-refractivity contribution >= 4 is 31.3 Å². The summed E-state index contributed by atoms with van der Waals surface area (Å²) in [6.45, 7) is 4.36. The van der Waals surface area contributed by atoms with Crippen molar-refractivity contribution in [2.75, 3.05) is 11.9 Å². The third-order valence-electron chi connectivity index (χ3n) is 3.57. The molecule has 0 bridgehead atoms. The fourth-order valence-corrected chi connectivity index (χ4v) is 5.03. The first-order valence-corrected chi connectivity index (χ1v) is 7.49. The molecule has 0 aliphatic carbocycles. The third kappa shape index (κ3) is 1.69. The lowest BCUT2D eigenvalue weighted by atomic mass is 10.1. The Hall–Kier alpha value is -1.54. The standard InChI is InChI=1S/C15H17NSi/c1-10-4-6-12-14(8-10)17-15-9-11(2)5-7-13(15)16(12)3/h4-9H,17H2,1-3H3. The van der Waals surface area contributed by atoms with E-state index < -0.39 is 0 Å². The average molecular weight is 239 g/mol. The molecule has 86 valence electrons. The summed E-state index contributed by atoms with van der Waals surface area (Å²) in [5, 5.41) is 3.15. The number of anilines is 2. The molecular formula is C15H17NSi. The van der Waals surface area contributed by atoms with E-state index in [-0.39, 0.29) is 9.52 Å². The zero-order valence-corrected chi connectivity index (χ0v) is 12.0. The van der Waals surface area contributed by atoms with Gasteiger partial charge >= 0.3 is 0 Å². The molecule has 0 spiro atoms. The highest BCUT2D eigenvalue weighted by molar-refractivity contribution is 6.71. The quantitative estimate of drug-likeness (QED) is 0.630. The second kappa shape index (κ2) is 3.74. The molecular weight excluding hydrogens is 222 g/mol. The largest absolute Gasteiger partial charge is 0.345 e. The molecule has 0 saturated carbocycles. The van der Waals surface area contributed by atoms with Gasteiger partial charge in [0.15, 0.2) is 0 Å². The van der Waals surface area contributed by atoms with E-state index in [9.17, 15) is 0 Å². The van der Waals surface area contributed by atoms with Crippen LogP contribution in [-0.4, -0.2) is 16.6 Å². The van der Waals surface area contributed by atoms with E-state index in [0.29, 0.717) is 0 Å². The zero-order chi connectivity index (χ0) is 12.0. The van der Waals surface area contributed by atoms with Gasteiger partial charge in [-0.05, 0) is 36.4 Å². The van der Waals surface area contributed by atoms with Gasteiger partial charge in [-0.15, -0.1) is 0 Å². The Bertz CT molecular complexity index is 538. The van der Waals surface area contributed by atoms with Crippen molar-refractivity contribution in [1.29, 1.82) is 0 Å². The van der Waals surface area contributed by atoms with Crippen LogP contribution in [0.15, 0.2) is 36.4 Å². The van der Waals surface area contributed by atoms with Crippen LogP contribution >= 0.6 is 0 Å². The highest BCUT2D eigenvalue weighted by Gasteiger charge is 2.19. The van der Waals surface area contributed by atoms with Gasteiger partial charge in [0.1, 0.15) is 0 Å². The summed E-state index contributed by atoms with van der Waals surface area (Å²) in [7, 11) is 1.87. The molecule has 0 radical (unpaired) electrons. The maximum atomic E-state index is 2.36. The molecule has 17 heavy (non-hydrogen) atoms. The van der Waals surface area contributed by atoms with Gasteiger partial charge in [0, 0.05) is 18.4 Å². The highest BCUT2D eigenvalue weighted by atomic mass is 28.2. The lowest BCUT2D eigenvalue weighted by Crippen LogP contribution is -2.40. The van der Waals surface area contributed by atoms with Gasteiger partial charge in [-0.2, -0.15) is 0 Å². The van der Waals surface area contributed by atoms with Gasteiger partial charge in [0.2, 0.25) is 0 Å². The van der Waals surface area contributed by atoms with Crippen molar-refractivity contribution in [2.45, 2.75) is 13.8 Å². The Morgan fingerprint density at radius 2 is 1.29 bits per heavy atom. The molecule has 0 fully saturated rings. The predicted octanol–water partition coefficient (Wildman–Crippen LogP) is 1.50. The highest BCUT2D eigenvalue weighted by Crippen LogP contribution is 2.24. The maximum absolute atomic E-state index is 2.36. The van der Waals surface area contributed by atoms with Gasteiger partial charge in [-0.3, -0.25) is 0 Å². The maximum Gasteiger partial charge on any atom is 0.0929 e. The number of fused-ring (bicyclic) bond motifs is 2. The van der Waals surface area contributed by atoms with Crippen LogP contribution in [0.4, 0.5) is 11.4 Å². The van der Waals surface area contributed by atoms with E-state index in [4.69, 9.17) is 0 Å². The van der Waals surface area contributed by atoms with Crippen LogP contribution in [0.25, 0.3) is 0 Å². The second-order valence-electron chi connectivity index (χ2n) is 5.00. The van der Waals surface area contributed by atoms with Gasteiger partial charge in [0.25, 0.3) is 0 Å². The van der Waals surface area contributed by atoms with Crippen LogP contribution in [0.5, 0.6) is 0 Å². The Morgan fingerprint density at radius 1 is 0.824 bits per heavy atom. The fourth-order valence-electron chi connectivity index (χ4n) is 2.70. The molecule has 1 nitrogen and oxygen atoms in total. The third-order valence-corrected chi connectivity index (χ3v) is 5.47. The molecule has 0 aromatic heterocycles. The minimum absolute atomic E-state index is 0.311. The first kappa shape index (κ1) is 10.6. The average Bonchev–Trinajstić information content (AvgIpc) is 2.28. The molecule has 1 aliphatic heterocycles. The SMILES string of the molecule is Cc1ccc2c(c1)[SiH2]c1cc(C)ccc1N2C. The molecule has 2 aromatic carbocycles. The van der Waals surface area contributed by atoms with Crippen LogP contribution in [0.3, 0.4) is 0 Å². The minimum Gasteiger partial charge on any atom is -0.345 e. The Kier molecular flexibility index (Phi) is 2.33. The number of rotatable bonds is 0. The van der Waals surface area contributed by atoms with Crippen LogP contribution in [0, 0.1) is 13.8 Å². The number of benzene rings is 2. The van der Waals surface area contributed by atoms with Crippen molar-refractivity contribution in [1.82, 2.24) is 0 Å². The monoisotopic (exact) mass is 239 g/mol. The summed E-state index contributed by atoms with van der Waals surface area (Å²) in [5.74, 6) is 0. The minimum atomic E-state index is -0.311. The molecule has 0 unspecified atom stereocenters. The van der Waals surface area contributed by atoms with Crippen LogP contribution in [0.1, 0.15) is 11.1 Å². The first-order chi connectivity index (χ1) is 8.15.